The highest BCUT2D eigenvalue weighted by Gasteiger charge is 2.25. The number of rotatable bonds is 6. The molecular formula is C27H32N4O5. The molecule has 3 aromatic rings. The van der Waals surface area contributed by atoms with Gasteiger partial charge in [0.25, 0.3) is 5.91 Å². The molecule has 9 heteroatoms. The average molecular weight is 493 g/mol. The van der Waals surface area contributed by atoms with E-state index in [-0.39, 0.29) is 24.6 Å². The van der Waals surface area contributed by atoms with Crippen molar-refractivity contribution in [3.05, 3.63) is 36.0 Å². The molecule has 3 heterocycles. The topological polar surface area (TPSA) is 95.8 Å². The average Bonchev–Trinajstić information content (AvgIpc) is 3.35. The van der Waals surface area contributed by atoms with Gasteiger partial charge in [0.2, 0.25) is 0 Å². The van der Waals surface area contributed by atoms with Crippen LogP contribution in [0.3, 0.4) is 0 Å². The van der Waals surface area contributed by atoms with Crippen molar-refractivity contribution in [1.29, 1.82) is 0 Å². The Labute approximate surface area is 210 Å². The van der Waals surface area contributed by atoms with Crippen molar-refractivity contribution in [2.75, 3.05) is 26.9 Å². The smallest absolute Gasteiger partial charge is 0.339 e. The SMILES string of the molecule is CC(C)n1ncc2c(C(=O)OCC(=O)N(C)C3CCCCC3)cc(-c3ccc4c(c3)OCCO4)nc21. The lowest BCUT2D eigenvalue weighted by Crippen LogP contribution is -2.40. The summed E-state index contributed by atoms with van der Waals surface area (Å²) < 4.78 is 18.7. The number of fused-ring (bicyclic) bond motifs is 2. The van der Waals surface area contributed by atoms with E-state index >= 15 is 0 Å². The van der Waals surface area contributed by atoms with Gasteiger partial charge in [-0.2, -0.15) is 5.10 Å². The number of amides is 1. The molecule has 2 aromatic heterocycles. The van der Waals surface area contributed by atoms with Gasteiger partial charge in [0.05, 0.1) is 22.8 Å². The first-order valence-electron chi connectivity index (χ1n) is 12.6. The lowest BCUT2D eigenvalue weighted by Gasteiger charge is -2.31. The fraction of sp³-hybridized carbons (Fsp3) is 0.481. The Kier molecular flexibility index (Phi) is 6.80. The number of hydrogen-bond donors (Lipinski definition) is 0. The first-order valence-corrected chi connectivity index (χ1v) is 12.6. The number of nitrogens with zero attached hydrogens (tertiary/aromatic N) is 4. The lowest BCUT2D eigenvalue weighted by molar-refractivity contribution is -0.135. The molecule has 9 nitrogen and oxygen atoms in total. The van der Waals surface area contributed by atoms with Crippen LogP contribution in [0, 0.1) is 0 Å². The van der Waals surface area contributed by atoms with E-state index in [9.17, 15) is 9.59 Å². The molecule has 0 N–H and O–H groups in total. The third kappa shape index (κ3) is 4.74. The predicted molar refractivity (Wildman–Crippen MR) is 134 cm³/mol. The summed E-state index contributed by atoms with van der Waals surface area (Å²) in [4.78, 5) is 32.6. The maximum atomic E-state index is 13.3. The zero-order valence-corrected chi connectivity index (χ0v) is 21.0. The van der Waals surface area contributed by atoms with Gasteiger partial charge in [-0.05, 0) is 51.0 Å². The second kappa shape index (κ2) is 10.2. The third-order valence-electron chi connectivity index (χ3n) is 6.96. The monoisotopic (exact) mass is 492 g/mol. The highest BCUT2D eigenvalue weighted by Crippen LogP contribution is 2.35. The van der Waals surface area contributed by atoms with Gasteiger partial charge in [-0.3, -0.25) is 4.79 Å². The van der Waals surface area contributed by atoms with Crippen LogP contribution < -0.4 is 9.47 Å². The van der Waals surface area contributed by atoms with Crippen LogP contribution in [-0.2, 0) is 9.53 Å². The van der Waals surface area contributed by atoms with Gasteiger partial charge in [0, 0.05) is 24.7 Å². The van der Waals surface area contributed by atoms with Crippen molar-refractivity contribution < 1.29 is 23.8 Å². The highest BCUT2D eigenvalue weighted by atomic mass is 16.6. The van der Waals surface area contributed by atoms with Crippen molar-refractivity contribution in [3.8, 4) is 22.8 Å². The van der Waals surface area contributed by atoms with Gasteiger partial charge in [-0.1, -0.05) is 19.3 Å². The van der Waals surface area contributed by atoms with Gasteiger partial charge in [-0.15, -0.1) is 0 Å². The minimum absolute atomic E-state index is 0.0418. The van der Waals surface area contributed by atoms with E-state index in [1.54, 1.807) is 28.9 Å². The van der Waals surface area contributed by atoms with E-state index in [0.717, 1.165) is 31.2 Å². The molecule has 0 bridgehead atoms. The zero-order chi connectivity index (χ0) is 25.2. The van der Waals surface area contributed by atoms with Crippen LogP contribution in [-0.4, -0.2) is 64.5 Å². The molecule has 0 spiro atoms. The fourth-order valence-corrected chi connectivity index (χ4v) is 4.89. The molecule has 0 radical (unpaired) electrons. The number of esters is 1. The molecule has 190 valence electrons. The zero-order valence-electron chi connectivity index (χ0n) is 21.0. The summed E-state index contributed by atoms with van der Waals surface area (Å²) in [7, 11) is 1.80. The second-order valence-electron chi connectivity index (χ2n) is 9.71. The molecule has 0 unspecified atom stereocenters. The van der Waals surface area contributed by atoms with Crippen molar-refractivity contribution >= 4 is 22.9 Å². The van der Waals surface area contributed by atoms with Crippen LogP contribution in [0.4, 0.5) is 0 Å². The Morgan fingerprint density at radius 2 is 1.86 bits per heavy atom. The van der Waals surface area contributed by atoms with Crippen LogP contribution in [0.25, 0.3) is 22.3 Å². The minimum atomic E-state index is -0.574. The fourth-order valence-electron chi connectivity index (χ4n) is 4.89. The summed E-state index contributed by atoms with van der Waals surface area (Å²) in [6, 6.07) is 7.53. The van der Waals surface area contributed by atoms with Gasteiger partial charge in [-0.25, -0.2) is 14.5 Å². The van der Waals surface area contributed by atoms with Crippen LogP contribution in [0.5, 0.6) is 11.5 Å². The van der Waals surface area contributed by atoms with Crippen molar-refractivity contribution in [1.82, 2.24) is 19.7 Å². The van der Waals surface area contributed by atoms with E-state index in [0.29, 0.717) is 47.0 Å². The van der Waals surface area contributed by atoms with Gasteiger partial charge in [0.15, 0.2) is 23.8 Å². The van der Waals surface area contributed by atoms with Crippen LogP contribution >= 0.6 is 0 Å². The molecule has 1 aromatic carbocycles. The Morgan fingerprint density at radius 1 is 1.11 bits per heavy atom. The summed E-state index contributed by atoms with van der Waals surface area (Å²) in [5, 5.41) is 5.04. The molecule has 1 fully saturated rings. The van der Waals surface area contributed by atoms with Crippen LogP contribution in [0.15, 0.2) is 30.5 Å². The number of benzene rings is 1. The number of pyridine rings is 1. The van der Waals surface area contributed by atoms with Crippen LogP contribution in [0.2, 0.25) is 0 Å². The molecule has 2 aliphatic rings. The maximum absolute atomic E-state index is 13.3. The molecule has 0 saturated heterocycles. The van der Waals surface area contributed by atoms with Gasteiger partial charge in [0.1, 0.15) is 13.2 Å². The van der Waals surface area contributed by atoms with E-state index in [1.165, 1.54) is 6.42 Å². The van der Waals surface area contributed by atoms with Gasteiger partial charge < -0.3 is 19.1 Å². The summed E-state index contributed by atoms with van der Waals surface area (Å²) in [6.45, 7) is 4.69. The molecule has 1 saturated carbocycles. The molecule has 1 aliphatic carbocycles. The Hall–Kier alpha value is -3.62. The molecule has 1 amide bonds. The predicted octanol–water partition coefficient (Wildman–Crippen LogP) is 4.40. The van der Waals surface area contributed by atoms with E-state index < -0.39 is 5.97 Å². The summed E-state index contributed by atoms with van der Waals surface area (Å²) in [5.41, 5.74) is 2.26. The summed E-state index contributed by atoms with van der Waals surface area (Å²) in [5.74, 6) is 0.553. The first kappa shape index (κ1) is 24.1. The van der Waals surface area contributed by atoms with Crippen LogP contribution in [0.1, 0.15) is 62.4 Å². The van der Waals surface area contributed by atoms with Crippen molar-refractivity contribution in [2.24, 2.45) is 0 Å². The molecular weight excluding hydrogens is 460 g/mol. The number of ether oxygens (including phenoxy) is 3. The summed E-state index contributed by atoms with van der Waals surface area (Å²) >= 11 is 0. The second-order valence-corrected chi connectivity index (χ2v) is 9.71. The van der Waals surface area contributed by atoms with E-state index in [1.807, 2.05) is 32.0 Å². The molecule has 5 rings (SSSR count). The molecule has 1 aliphatic heterocycles. The number of hydrogen-bond acceptors (Lipinski definition) is 7. The number of likely N-dealkylation sites (N-methyl/N-ethyl adjacent to an activating group) is 1. The largest absolute Gasteiger partial charge is 0.486 e. The molecule has 36 heavy (non-hydrogen) atoms. The quantitative estimate of drug-likeness (QED) is 0.471. The summed E-state index contributed by atoms with van der Waals surface area (Å²) in [6.07, 6.45) is 7.08. The third-order valence-corrected chi connectivity index (χ3v) is 6.96. The minimum Gasteiger partial charge on any atom is -0.486 e. The van der Waals surface area contributed by atoms with E-state index in [4.69, 9.17) is 19.2 Å². The Morgan fingerprint density at radius 3 is 2.61 bits per heavy atom. The number of carbonyl (C=O) groups is 2. The highest BCUT2D eigenvalue weighted by molar-refractivity contribution is 6.04. The maximum Gasteiger partial charge on any atom is 0.339 e. The van der Waals surface area contributed by atoms with Gasteiger partial charge >= 0.3 is 5.97 Å². The van der Waals surface area contributed by atoms with E-state index in [2.05, 4.69) is 5.10 Å². The van der Waals surface area contributed by atoms with Crippen molar-refractivity contribution in [2.45, 2.75) is 58.0 Å². The number of aromatic nitrogens is 3. The first-order chi connectivity index (χ1) is 17.4. The molecule has 0 atom stereocenters. The van der Waals surface area contributed by atoms with Crippen molar-refractivity contribution in [3.63, 3.8) is 0 Å². The lowest BCUT2D eigenvalue weighted by atomic mass is 9.94. The Balaban J connectivity index is 1.43. The number of carbonyl (C=O) groups excluding carboxylic acids is 2. The Bertz CT molecular complexity index is 1280. The normalized spacial score (nSPS) is 15.8. The standard InChI is InChI=1S/C27H32N4O5/c1-17(2)31-26-21(15-28-31)20(27(33)36-16-25(32)30(3)19-7-5-4-6-8-19)14-22(29-26)18-9-10-23-24(13-18)35-12-11-34-23/h9-10,13-15,17,19H,4-8,11-12,16H2,1-3H3.